The summed E-state index contributed by atoms with van der Waals surface area (Å²) in [5.74, 6) is -0.0497. The summed E-state index contributed by atoms with van der Waals surface area (Å²) in [6, 6.07) is 12.4. The number of nitrogens with zero attached hydrogens (tertiary/aromatic N) is 1. The molecule has 0 spiro atoms. The molecule has 0 bridgehead atoms. The number of amides is 1. The minimum Gasteiger partial charge on any atom is -0.464 e. The van der Waals surface area contributed by atoms with Crippen LogP contribution in [-0.2, 0) is 9.53 Å². The molecule has 2 aromatic rings. The van der Waals surface area contributed by atoms with Crippen molar-refractivity contribution in [3.8, 4) is 11.5 Å². The summed E-state index contributed by atoms with van der Waals surface area (Å²) in [7, 11) is 0. The van der Waals surface area contributed by atoms with Gasteiger partial charge in [-0.05, 0) is 30.7 Å². The van der Waals surface area contributed by atoms with Crippen molar-refractivity contribution in [1.29, 1.82) is 0 Å². The van der Waals surface area contributed by atoms with Gasteiger partial charge in [-0.25, -0.2) is 4.98 Å². The van der Waals surface area contributed by atoms with Gasteiger partial charge in [-0.15, -0.1) is 0 Å². The van der Waals surface area contributed by atoms with E-state index in [0.717, 1.165) is 12.8 Å². The lowest BCUT2D eigenvalue weighted by atomic mass is 10.3. The van der Waals surface area contributed by atoms with E-state index in [0.29, 0.717) is 18.1 Å². The van der Waals surface area contributed by atoms with Crippen LogP contribution in [0.15, 0.2) is 48.7 Å². The highest BCUT2D eigenvalue weighted by molar-refractivity contribution is 5.96. The van der Waals surface area contributed by atoms with Crippen LogP contribution < -0.4 is 10.1 Å². The molecular weight excluding hydrogens is 308 g/mol. The molecule has 2 rings (SSSR count). The topological polar surface area (TPSA) is 77.5 Å². The zero-order valence-corrected chi connectivity index (χ0v) is 13.5. The number of rotatable bonds is 8. The number of esters is 1. The Hall–Kier alpha value is -2.89. The average molecular weight is 328 g/mol. The summed E-state index contributed by atoms with van der Waals surface area (Å²) in [5, 5.41) is 2.50. The lowest BCUT2D eigenvalue weighted by Crippen LogP contribution is -2.31. The van der Waals surface area contributed by atoms with Crippen molar-refractivity contribution in [2.75, 3.05) is 13.2 Å². The summed E-state index contributed by atoms with van der Waals surface area (Å²) in [6.07, 6.45) is 3.23. The van der Waals surface area contributed by atoms with E-state index in [1.165, 1.54) is 6.20 Å². The maximum Gasteiger partial charge on any atom is 0.325 e. The van der Waals surface area contributed by atoms with Gasteiger partial charge in [0.2, 0.25) is 0 Å². The fourth-order valence-corrected chi connectivity index (χ4v) is 1.88. The third-order valence-corrected chi connectivity index (χ3v) is 3.11. The van der Waals surface area contributed by atoms with E-state index in [2.05, 4.69) is 10.3 Å². The molecule has 0 fully saturated rings. The first-order valence-electron chi connectivity index (χ1n) is 7.82. The molecule has 0 aliphatic rings. The Morgan fingerprint density at radius 3 is 2.67 bits per heavy atom. The molecule has 1 aromatic heterocycles. The Balaban J connectivity index is 1.96. The largest absolute Gasteiger partial charge is 0.464 e. The smallest absolute Gasteiger partial charge is 0.325 e. The molecule has 0 radical (unpaired) electrons. The molecule has 1 aromatic carbocycles. The van der Waals surface area contributed by atoms with Crippen molar-refractivity contribution in [3.63, 3.8) is 0 Å². The maximum absolute atomic E-state index is 12.2. The molecule has 126 valence electrons. The second-order valence-electron chi connectivity index (χ2n) is 5.02. The van der Waals surface area contributed by atoms with Crippen molar-refractivity contribution < 1.29 is 19.1 Å². The predicted molar refractivity (Wildman–Crippen MR) is 89.0 cm³/mol. The first kappa shape index (κ1) is 17.5. The summed E-state index contributed by atoms with van der Waals surface area (Å²) in [6.45, 7) is 2.16. The molecule has 24 heavy (non-hydrogen) atoms. The van der Waals surface area contributed by atoms with Gasteiger partial charge in [-0.1, -0.05) is 31.5 Å². The quantitative estimate of drug-likeness (QED) is 0.595. The van der Waals surface area contributed by atoms with E-state index < -0.39 is 11.9 Å². The molecule has 0 aliphatic heterocycles. The minimum atomic E-state index is -0.492. The zero-order chi connectivity index (χ0) is 17.2. The Kier molecular flexibility index (Phi) is 6.76. The van der Waals surface area contributed by atoms with Crippen molar-refractivity contribution in [2.45, 2.75) is 19.8 Å². The summed E-state index contributed by atoms with van der Waals surface area (Å²) < 4.78 is 10.7. The van der Waals surface area contributed by atoms with Crippen molar-refractivity contribution >= 4 is 11.9 Å². The van der Waals surface area contributed by atoms with Crippen LogP contribution in [0.5, 0.6) is 11.5 Å². The number of nitrogens with one attached hydrogen (secondary N) is 1. The highest BCUT2D eigenvalue weighted by Gasteiger charge is 2.16. The lowest BCUT2D eigenvalue weighted by Gasteiger charge is -2.10. The van der Waals surface area contributed by atoms with E-state index in [1.54, 1.807) is 24.3 Å². The van der Waals surface area contributed by atoms with Crippen molar-refractivity contribution in [3.05, 3.63) is 54.4 Å². The molecule has 6 nitrogen and oxygen atoms in total. The third-order valence-electron chi connectivity index (χ3n) is 3.11. The number of unbranched alkanes of at least 4 members (excludes halogenated alkanes) is 1. The predicted octanol–water partition coefficient (Wildman–Crippen LogP) is 2.95. The maximum atomic E-state index is 12.2. The average Bonchev–Trinajstić information content (AvgIpc) is 2.61. The Bertz CT molecular complexity index is 674. The van der Waals surface area contributed by atoms with Crippen LogP contribution in [-0.4, -0.2) is 30.0 Å². The van der Waals surface area contributed by atoms with Crippen LogP contribution in [0.2, 0.25) is 0 Å². The second kappa shape index (κ2) is 9.29. The van der Waals surface area contributed by atoms with Gasteiger partial charge in [0.05, 0.1) is 6.61 Å². The molecule has 6 heteroatoms. The SMILES string of the molecule is CCCCOC(=O)CNC(=O)c1ncccc1Oc1ccccc1. The van der Waals surface area contributed by atoms with Gasteiger partial charge in [-0.3, -0.25) is 9.59 Å². The van der Waals surface area contributed by atoms with Gasteiger partial charge in [-0.2, -0.15) is 0 Å². The summed E-state index contributed by atoms with van der Waals surface area (Å²) in [4.78, 5) is 27.8. The van der Waals surface area contributed by atoms with Crippen LogP contribution in [0.4, 0.5) is 0 Å². The number of pyridine rings is 1. The van der Waals surface area contributed by atoms with Crippen molar-refractivity contribution in [2.24, 2.45) is 0 Å². The number of para-hydroxylation sites is 1. The number of hydrogen-bond acceptors (Lipinski definition) is 5. The fraction of sp³-hybridized carbons (Fsp3) is 0.278. The van der Waals surface area contributed by atoms with E-state index in [4.69, 9.17) is 9.47 Å². The van der Waals surface area contributed by atoms with Gasteiger partial charge >= 0.3 is 5.97 Å². The van der Waals surface area contributed by atoms with Gasteiger partial charge < -0.3 is 14.8 Å². The molecule has 1 N–H and O–H groups in total. The highest BCUT2D eigenvalue weighted by atomic mass is 16.5. The molecule has 1 amide bonds. The monoisotopic (exact) mass is 328 g/mol. The van der Waals surface area contributed by atoms with Crippen LogP contribution in [0.3, 0.4) is 0 Å². The first-order valence-corrected chi connectivity index (χ1v) is 7.82. The van der Waals surface area contributed by atoms with Gasteiger partial charge in [0.25, 0.3) is 5.91 Å². The van der Waals surface area contributed by atoms with Gasteiger partial charge in [0, 0.05) is 6.20 Å². The molecule has 1 heterocycles. The number of benzene rings is 1. The Morgan fingerprint density at radius 1 is 1.12 bits per heavy atom. The molecular formula is C18H20N2O4. The zero-order valence-electron chi connectivity index (χ0n) is 13.5. The van der Waals surface area contributed by atoms with Crippen molar-refractivity contribution in [1.82, 2.24) is 10.3 Å². The van der Waals surface area contributed by atoms with E-state index in [9.17, 15) is 9.59 Å². The number of carbonyl (C=O) groups is 2. The van der Waals surface area contributed by atoms with Crippen LogP contribution >= 0.6 is 0 Å². The number of hydrogen-bond donors (Lipinski definition) is 1. The van der Waals surface area contributed by atoms with Crippen LogP contribution in [0.25, 0.3) is 0 Å². The summed E-state index contributed by atoms with van der Waals surface area (Å²) >= 11 is 0. The summed E-state index contributed by atoms with van der Waals surface area (Å²) in [5.41, 5.74) is 0.114. The Morgan fingerprint density at radius 2 is 1.92 bits per heavy atom. The van der Waals surface area contributed by atoms with Crippen LogP contribution in [0.1, 0.15) is 30.3 Å². The highest BCUT2D eigenvalue weighted by Crippen LogP contribution is 2.23. The standard InChI is InChI=1S/C18H20N2O4/c1-2-3-12-23-16(21)13-20-18(22)17-15(10-7-11-19-17)24-14-8-5-4-6-9-14/h4-11H,2-3,12-13H2,1H3,(H,20,22). The number of carbonyl (C=O) groups excluding carboxylic acids is 2. The van der Waals surface area contributed by atoms with E-state index in [1.807, 2.05) is 25.1 Å². The third kappa shape index (κ3) is 5.39. The molecule has 0 saturated heterocycles. The molecule has 0 aliphatic carbocycles. The Labute approximate surface area is 140 Å². The van der Waals surface area contributed by atoms with Gasteiger partial charge in [0.15, 0.2) is 11.4 Å². The molecule has 0 atom stereocenters. The van der Waals surface area contributed by atoms with Gasteiger partial charge in [0.1, 0.15) is 12.3 Å². The minimum absolute atomic E-state index is 0.114. The normalized spacial score (nSPS) is 10.0. The molecule has 0 saturated carbocycles. The fourth-order valence-electron chi connectivity index (χ4n) is 1.88. The number of ether oxygens (including phenoxy) is 2. The number of aromatic nitrogens is 1. The lowest BCUT2D eigenvalue weighted by molar-refractivity contribution is -0.142. The second-order valence-corrected chi connectivity index (χ2v) is 5.02. The van der Waals surface area contributed by atoms with E-state index in [-0.39, 0.29) is 12.2 Å². The van der Waals surface area contributed by atoms with Crippen LogP contribution in [0, 0.1) is 0 Å². The molecule has 0 unspecified atom stereocenters. The first-order chi connectivity index (χ1) is 11.7. The van der Waals surface area contributed by atoms with E-state index >= 15 is 0 Å².